The summed E-state index contributed by atoms with van der Waals surface area (Å²) in [7, 11) is -3.85. The van der Waals surface area contributed by atoms with Gasteiger partial charge in [-0.2, -0.15) is 0 Å². The number of sulfonamides is 1. The van der Waals surface area contributed by atoms with Crippen LogP contribution in [0, 0.1) is 5.82 Å². The fourth-order valence-electron chi connectivity index (χ4n) is 2.07. The third-order valence-corrected chi connectivity index (χ3v) is 5.50. The summed E-state index contributed by atoms with van der Waals surface area (Å²) in [6.45, 7) is 4.36. The molecule has 0 aliphatic carbocycles. The highest BCUT2D eigenvalue weighted by Gasteiger charge is 2.22. The lowest BCUT2D eigenvalue weighted by molar-refractivity contribution is 0.245. The van der Waals surface area contributed by atoms with Gasteiger partial charge in [-0.15, -0.1) is 24.8 Å². The van der Waals surface area contributed by atoms with Crippen molar-refractivity contribution < 1.29 is 12.8 Å². The van der Waals surface area contributed by atoms with E-state index in [-0.39, 0.29) is 41.3 Å². The number of nitrogens with zero attached hydrogens (tertiary/aromatic N) is 1. The van der Waals surface area contributed by atoms with Crippen molar-refractivity contribution in [1.82, 2.24) is 14.9 Å². The van der Waals surface area contributed by atoms with E-state index in [1.54, 1.807) is 0 Å². The Hall–Kier alpha value is 0.140. The Labute approximate surface area is 157 Å². The van der Waals surface area contributed by atoms with E-state index < -0.39 is 20.9 Å². The molecule has 1 aromatic carbocycles. The summed E-state index contributed by atoms with van der Waals surface area (Å²) in [5, 5.41) is 2.52. The molecule has 134 valence electrons. The summed E-state index contributed by atoms with van der Waals surface area (Å²) in [5.41, 5.74) is 0. The van der Waals surface area contributed by atoms with Crippen molar-refractivity contribution in [2.45, 2.75) is 4.90 Å². The van der Waals surface area contributed by atoms with Crippen LogP contribution >= 0.6 is 48.0 Å². The molecule has 1 aliphatic heterocycles. The van der Waals surface area contributed by atoms with Crippen LogP contribution in [0.25, 0.3) is 0 Å². The van der Waals surface area contributed by atoms with Crippen LogP contribution in [-0.2, 0) is 10.0 Å². The van der Waals surface area contributed by atoms with Gasteiger partial charge in [0.25, 0.3) is 0 Å². The van der Waals surface area contributed by atoms with Crippen molar-refractivity contribution in [3.8, 4) is 0 Å². The second-order valence-corrected chi connectivity index (χ2v) is 7.18. The Morgan fingerprint density at radius 3 is 2.43 bits per heavy atom. The third kappa shape index (κ3) is 6.17. The minimum absolute atomic E-state index is 0. The van der Waals surface area contributed by atoms with Crippen molar-refractivity contribution >= 4 is 58.0 Å². The maximum atomic E-state index is 13.6. The van der Waals surface area contributed by atoms with Crippen molar-refractivity contribution in [3.05, 3.63) is 28.0 Å². The van der Waals surface area contributed by atoms with Gasteiger partial charge in [0.05, 0.1) is 10.0 Å². The third-order valence-electron chi connectivity index (χ3n) is 3.22. The van der Waals surface area contributed by atoms with Crippen LogP contribution in [-0.4, -0.2) is 52.6 Å². The number of halogens is 5. The topological polar surface area (TPSA) is 61.4 Å². The summed E-state index contributed by atoms with van der Waals surface area (Å²) < 4.78 is 40.2. The molecule has 2 N–H and O–H groups in total. The highest BCUT2D eigenvalue weighted by atomic mass is 35.5. The number of nitrogens with one attached hydrogen (secondary N) is 2. The summed E-state index contributed by atoms with van der Waals surface area (Å²) in [6, 6.07) is 2.37. The van der Waals surface area contributed by atoms with Crippen LogP contribution in [0.15, 0.2) is 17.0 Å². The van der Waals surface area contributed by atoms with Crippen LogP contribution in [0.5, 0.6) is 0 Å². The van der Waals surface area contributed by atoms with Crippen LogP contribution in [0.3, 0.4) is 0 Å². The van der Waals surface area contributed by atoms with Gasteiger partial charge in [0, 0.05) is 39.3 Å². The van der Waals surface area contributed by atoms with Crippen molar-refractivity contribution in [3.63, 3.8) is 0 Å². The van der Waals surface area contributed by atoms with Gasteiger partial charge in [0.2, 0.25) is 10.0 Å². The second-order valence-electron chi connectivity index (χ2n) is 4.66. The van der Waals surface area contributed by atoms with Crippen LogP contribution in [0.4, 0.5) is 4.39 Å². The summed E-state index contributed by atoms with van der Waals surface area (Å²) in [5.74, 6) is -0.927. The second kappa shape index (κ2) is 10.2. The fraction of sp³-hybridized carbons (Fsp3) is 0.500. The van der Waals surface area contributed by atoms with Crippen LogP contribution in [0.2, 0.25) is 10.0 Å². The molecular formula is C12H18Cl4FN3O2S. The molecule has 0 unspecified atom stereocenters. The highest BCUT2D eigenvalue weighted by Crippen LogP contribution is 2.29. The first kappa shape index (κ1) is 23.1. The number of benzene rings is 1. The molecule has 1 heterocycles. The molecule has 0 amide bonds. The largest absolute Gasteiger partial charge is 0.314 e. The molecule has 5 nitrogen and oxygen atoms in total. The molecular weight excluding hydrogens is 411 g/mol. The van der Waals surface area contributed by atoms with Crippen LogP contribution in [0.1, 0.15) is 0 Å². The minimum Gasteiger partial charge on any atom is -0.314 e. The quantitative estimate of drug-likeness (QED) is 0.705. The zero-order valence-corrected chi connectivity index (χ0v) is 16.0. The van der Waals surface area contributed by atoms with E-state index in [9.17, 15) is 12.8 Å². The van der Waals surface area contributed by atoms with E-state index in [0.717, 1.165) is 26.2 Å². The van der Waals surface area contributed by atoms with Gasteiger partial charge in [-0.3, -0.25) is 4.90 Å². The fourth-order valence-corrected chi connectivity index (χ4v) is 3.83. The number of hydrogen-bond acceptors (Lipinski definition) is 4. The summed E-state index contributed by atoms with van der Waals surface area (Å²) in [4.78, 5) is 1.84. The minimum atomic E-state index is -3.85. The average Bonchev–Trinajstić information content (AvgIpc) is 2.45. The lowest BCUT2D eigenvalue weighted by atomic mass is 10.3. The monoisotopic (exact) mass is 427 g/mol. The Bertz CT molecular complexity index is 613. The van der Waals surface area contributed by atoms with Crippen molar-refractivity contribution in [2.75, 3.05) is 39.3 Å². The smallest absolute Gasteiger partial charge is 0.242 e. The maximum absolute atomic E-state index is 13.6. The highest BCUT2D eigenvalue weighted by molar-refractivity contribution is 7.89. The molecule has 2 rings (SSSR count). The molecule has 0 saturated carbocycles. The standard InChI is InChI=1S/C12H16Cl2FN3O2S.2ClH/c13-9-1-2-10(11(14)12(9)15)21(19,20)17-5-8-18-6-3-16-4-7-18;;/h1-2,16-17H,3-8H2;2*1H. The molecule has 0 spiro atoms. The molecule has 0 aromatic heterocycles. The first-order valence-electron chi connectivity index (χ1n) is 6.48. The summed E-state index contributed by atoms with van der Waals surface area (Å²) >= 11 is 11.3. The van der Waals surface area contributed by atoms with Gasteiger partial charge in [-0.25, -0.2) is 17.5 Å². The molecule has 1 aliphatic rings. The van der Waals surface area contributed by atoms with E-state index in [0.29, 0.717) is 6.54 Å². The number of hydrogen-bond donors (Lipinski definition) is 2. The van der Waals surface area contributed by atoms with E-state index in [4.69, 9.17) is 23.2 Å². The lowest BCUT2D eigenvalue weighted by Crippen LogP contribution is -2.46. The first-order valence-corrected chi connectivity index (χ1v) is 8.72. The number of rotatable bonds is 5. The molecule has 11 heteroatoms. The zero-order valence-electron chi connectivity index (χ0n) is 12.0. The Morgan fingerprint density at radius 1 is 1.22 bits per heavy atom. The Balaban J connectivity index is 0.00000242. The van der Waals surface area contributed by atoms with Gasteiger partial charge < -0.3 is 5.32 Å². The van der Waals surface area contributed by atoms with Crippen molar-refractivity contribution in [1.29, 1.82) is 0 Å². The summed E-state index contributed by atoms with van der Waals surface area (Å²) in [6.07, 6.45) is 0. The van der Waals surface area contributed by atoms with Gasteiger partial charge in [0.15, 0.2) is 5.82 Å². The van der Waals surface area contributed by atoms with Gasteiger partial charge in [0.1, 0.15) is 4.90 Å². The van der Waals surface area contributed by atoms with E-state index in [1.165, 1.54) is 12.1 Å². The maximum Gasteiger partial charge on any atom is 0.242 e. The predicted octanol–water partition coefficient (Wildman–Crippen LogP) is 2.16. The van der Waals surface area contributed by atoms with Gasteiger partial charge in [-0.1, -0.05) is 23.2 Å². The number of piperazine rings is 1. The molecule has 0 bridgehead atoms. The first-order chi connectivity index (χ1) is 9.92. The average molecular weight is 429 g/mol. The molecule has 23 heavy (non-hydrogen) atoms. The predicted molar refractivity (Wildman–Crippen MR) is 95.4 cm³/mol. The Morgan fingerprint density at radius 2 is 1.83 bits per heavy atom. The van der Waals surface area contributed by atoms with Crippen molar-refractivity contribution in [2.24, 2.45) is 0 Å². The lowest BCUT2D eigenvalue weighted by Gasteiger charge is -2.27. The SMILES string of the molecule is Cl.Cl.O=S(=O)(NCCN1CCNCC1)c1ccc(Cl)c(F)c1Cl. The molecule has 0 radical (unpaired) electrons. The normalized spacial score (nSPS) is 15.6. The Kier molecular flexibility index (Phi) is 10.3. The van der Waals surface area contributed by atoms with E-state index in [2.05, 4.69) is 14.9 Å². The van der Waals surface area contributed by atoms with Gasteiger partial charge in [-0.05, 0) is 12.1 Å². The van der Waals surface area contributed by atoms with Gasteiger partial charge >= 0.3 is 0 Å². The zero-order chi connectivity index (χ0) is 15.5. The van der Waals surface area contributed by atoms with E-state index in [1.807, 2.05) is 0 Å². The molecule has 1 saturated heterocycles. The van der Waals surface area contributed by atoms with E-state index >= 15 is 0 Å². The van der Waals surface area contributed by atoms with Crippen LogP contribution < -0.4 is 10.0 Å². The molecule has 0 atom stereocenters. The molecule has 1 aromatic rings. The molecule has 1 fully saturated rings.